The Balaban J connectivity index is 1.77. The third kappa shape index (κ3) is 3.43. The maximum atomic E-state index is 12.7. The average molecular weight is 336 g/mol. The fourth-order valence-corrected chi connectivity index (χ4v) is 3.43. The van der Waals surface area contributed by atoms with Gasteiger partial charge in [0.05, 0.1) is 5.92 Å². The third-order valence-electron chi connectivity index (χ3n) is 4.89. The van der Waals surface area contributed by atoms with Crippen LogP contribution in [0.5, 0.6) is 0 Å². The normalized spacial score (nSPS) is 17.0. The molecule has 4 nitrogen and oxygen atoms in total. The molecule has 1 N–H and O–H groups in total. The van der Waals surface area contributed by atoms with Crippen molar-refractivity contribution in [2.24, 2.45) is 5.92 Å². The van der Waals surface area contributed by atoms with Crippen molar-refractivity contribution in [3.8, 4) is 0 Å². The molecule has 1 saturated heterocycles. The lowest BCUT2D eigenvalue weighted by Gasteiger charge is -2.20. The van der Waals surface area contributed by atoms with E-state index in [1.807, 2.05) is 56.3 Å². The van der Waals surface area contributed by atoms with Crippen LogP contribution < -0.4 is 10.2 Å². The van der Waals surface area contributed by atoms with Gasteiger partial charge in [0.25, 0.3) is 0 Å². The first-order chi connectivity index (χ1) is 12.0. The van der Waals surface area contributed by atoms with E-state index in [0.29, 0.717) is 6.54 Å². The number of amides is 2. The number of hydrogen-bond donors (Lipinski definition) is 1. The molecule has 0 aromatic heterocycles. The molecule has 0 saturated carbocycles. The van der Waals surface area contributed by atoms with E-state index < -0.39 is 0 Å². The second kappa shape index (κ2) is 7.09. The van der Waals surface area contributed by atoms with Gasteiger partial charge in [-0.1, -0.05) is 43.3 Å². The summed E-state index contributed by atoms with van der Waals surface area (Å²) in [6, 6.07) is 13.8. The summed E-state index contributed by atoms with van der Waals surface area (Å²) in [5.74, 6) is -0.388. The van der Waals surface area contributed by atoms with Crippen LogP contribution in [0.25, 0.3) is 0 Å². The first-order valence-corrected chi connectivity index (χ1v) is 8.76. The Bertz CT molecular complexity index is 793. The van der Waals surface area contributed by atoms with Crippen molar-refractivity contribution in [1.29, 1.82) is 0 Å². The highest BCUT2D eigenvalue weighted by molar-refractivity contribution is 6.04. The summed E-state index contributed by atoms with van der Waals surface area (Å²) < 4.78 is 0. The molecule has 1 atom stereocenters. The summed E-state index contributed by atoms with van der Waals surface area (Å²) in [7, 11) is 0. The molecule has 0 spiro atoms. The molecule has 2 aromatic carbocycles. The van der Waals surface area contributed by atoms with Crippen LogP contribution in [0.2, 0.25) is 0 Å². The number of anilines is 2. The molecule has 0 aliphatic carbocycles. The summed E-state index contributed by atoms with van der Waals surface area (Å²) in [6.45, 7) is 6.47. The second-order valence-electron chi connectivity index (χ2n) is 6.64. The number of nitrogens with zero attached hydrogens (tertiary/aromatic N) is 1. The van der Waals surface area contributed by atoms with Crippen molar-refractivity contribution in [1.82, 2.24) is 0 Å². The van der Waals surface area contributed by atoms with Crippen molar-refractivity contribution < 1.29 is 9.59 Å². The van der Waals surface area contributed by atoms with Gasteiger partial charge in [-0.2, -0.15) is 0 Å². The van der Waals surface area contributed by atoms with Gasteiger partial charge in [0.1, 0.15) is 0 Å². The predicted molar refractivity (Wildman–Crippen MR) is 101 cm³/mol. The molecular formula is C21H24N2O2. The smallest absolute Gasteiger partial charge is 0.229 e. The third-order valence-corrected chi connectivity index (χ3v) is 4.89. The van der Waals surface area contributed by atoms with Gasteiger partial charge in [-0.05, 0) is 43.0 Å². The number of para-hydroxylation sites is 2. The van der Waals surface area contributed by atoms with Crippen molar-refractivity contribution in [2.75, 3.05) is 16.8 Å². The molecule has 2 aromatic rings. The Morgan fingerprint density at radius 1 is 1.12 bits per heavy atom. The molecule has 0 bridgehead atoms. The second-order valence-corrected chi connectivity index (χ2v) is 6.64. The Morgan fingerprint density at radius 2 is 1.80 bits per heavy atom. The highest BCUT2D eigenvalue weighted by atomic mass is 16.2. The van der Waals surface area contributed by atoms with Crippen LogP contribution in [0.1, 0.15) is 30.0 Å². The van der Waals surface area contributed by atoms with E-state index in [0.717, 1.165) is 34.5 Å². The molecule has 1 fully saturated rings. The minimum atomic E-state index is -0.323. The standard InChI is InChI=1S/C21H24N2O2/c1-4-16-10-5-6-11-18(16)23-13-17(12-19(23)24)21(25)22-20-14(2)8-7-9-15(20)3/h5-11,17H,4,12-13H2,1-3H3,(H,22,25)/t17-/m0/s1. The maximum Gasteiger partial charge on any atom is 0.229 e. The number of hydrogen-bond acceptors (Lipinski definition) is 2. The highest BCUT2D eigenvalue weighted by Gasteiger charge is 2.36. The van der Waals surface area contributed by atoms with E-state index >= 15 is 0 Å². The monoisotopic (exact) mass is 336 g/mol. The molecular weight excluding hydrogens is 312 g/mol. The fraction of sp³-hybridized carbons (Fsp3) is 0.333. The number of rotatable bonds is 4. The Kier molecular flexibility index (Phi) is 4.88. The Morgan fingerprint density at radius 3 is 2.48 bits per heavy atom. The number of aryl methyl sites for hydroxylation is 3. The fourth-order valence-electron chi connectivity index (χ4n) is 3.43. The zero-order valence-corrected chi connectivity index (χ0v) is 15.0. The minimum Gasteiger partial charge on any atom is -0.325 e. The van der Waals surface area contributed by atoms with Crippen LogP contribution in [0.15, 0.2) is 42.5 Å². The SMILES string of the molecule is CCc1ccccc1N1C[C@@H](C(=O)Nc2c(C)cccc2C)CC1=O. The van der Waals surface area contributed by atoms with Crippen LogP contribution in [0.4, 0.5) is 11.4 Å². The van der Waals surface area contributed by atoms with Crippen molar-refractivity contribution >= 4 is 23.2 Å². The molecule has 0 radical (unpaired) electrons. The van der Waals surface area contributed by atoms with E-state index in [4.69, 9.17) is 0 Å². The first kappa shape index (κ1) is 17.2. The summed E-state index contributed by atoms with van der Waals surface area (Å²) >= 11 is 0. The molecule has 0 unspecified atom stereocenters. The maximum absolute atomic E-state index is 12.7. The minimum absolute atomic E-state index is 0.0163. The lowest BCUT2D eigenvalue weighted by molar-refractivity contribution is -0.122. The Hall–Kier alpha value is -2.62. The summed E-state index contributed by atoms with van der Waals surface area (Å²) in [5.41, 5.74) is 4.98. The molecule has 25 heavy (non-hydrogen) atoms. The van der Waals surface area contributed by atoms with Gasteiger partial charge >= 0.3 is 0 Å². The number of carbonyl (C=O) groups is 2. The van der Waals surface area contributed by atoms with E-state index in [9.17, 15) is 9.59 Å². The summed E-state index contributed by atoms with van der Waals surface area (Å²) in [4.78, 5) is 27.0. The molecule has 4 heteroatoms. The molecule has 1 aliphatic rings. The molecule has 3 rings (SSSR count). The van der Waals surface area contributed by atoms with Gasteiger partial charge in [-0.25, -0.2) is 0 Å². The van der Waals surface area contributed by atoms with E-state index in [2.05, 4.69) is 12.2 Å². The lowest BCUT2D eigenvalue weighted by atomic mass is 10.1. The van der Waals surface area contributed by atoms with Gasteiger partial charge < -0.3 is 10.2 Å². The summed E-state index contributed by atoms with van der Waals surface area (Å²) in [6.07, 6.45) is 1.12. The highest BCUT2D eigenvalue weighted by Crippen LogP contribution is 2.29. The van der Waals surface area contributed by atoms with Crippen LogP contribution in [-0.2, 0) is 16.0 Å². The molecule has 1 aliphatic heterocycles. The van der Waals surface area contributed by atoms with E-state index in [1.54, 1.807) is 4.90 Å². The number of nitrogens with one attached hydrogen (secondary N) is 1. The zero-order chi connectivity index (χ0) is 18.0. The van der Waals surface area contributed by atoms with Crippen molar-refractivity contribution in [3.63, 3.8) is 0 Å². The van der Waals surface area contributed by atoms with Gasteiger partial charge in [-0.15, -0.1) is 0 Å². The Labute approximate surface area is 148 Å². The average Bonchev–Trinajstić information content (AvgIpc) is 3.00. The number of benzene rings is 2. The number of carbonyl (C=O) groups excluding carboxylic acids is 2. The molecule has 1 heterocycles. The zero-order valence-electron chi connectivity index (χ0n) is 15.0. The van der Waals surface area contributed by atoms with Gasteiger partial charge in [0.2, 0.25) is 11.8 Å². The first-order valence-electron chi connectivity index (χ1n) is 8.76. The van der Waals surface area contributed by atoms with Crippen LogP contribution in [-0.4, -0.2) is 18.4 Å². The van der Waals surface area contributed by atoms with Crippen LogP contribution in [0.3, 0.4) is 0 Å². The largest absolute Gasteiger partial charge is 0.325 e. The summed E-state index contributed by atoms with van der Waals surface area (Å²) in [5, 5.41) is 3.02. The van der Waals surface area contributed by atoms with Crippen LogP contribution in [0, 0.1) is 19.8 Å². The molecule has 2 amide bonds. The van der Waals surface area contributed by atoms with Crippen molar-refractivity contribution in [3.05, 3.63) is 59.2 Å². The topological polar surface area (TPSA) is 49.4 Å². The van der Waals surface area contributed by atoms with Crippen molar-refractivity contribution in [2.45, 2.75) is 33.6 Å². The van der Waals surface area contributed by atoms with E-state index in [-0.39, 0.29) is 24.2 Å². The van der Waals surface area contributed by atoms with Gasteiger partial charge in [-0.3, -0.25) is 9.59 Å². The van der Waals surface area contributed by atoms with Crippen LogP contribution >= 0.6 is 0 Å². The van der Waals surface area contributed by atoms with Gasteiger partial charge in [0.15, 0.2) is 0 Å². The lowest BCUT2D eigenvalue weighted by Crippen LogP contribution is -2.29. The van der Waals surface area contributed by atoms with E-state index in [1.165, 1.54) is 0 Å². The van der Waals surface area contributed by atoms with Gasteiger partial charge in [0, 0.05) is 24.3 Å². The predicted octanol–water partition coefficient (Wildman–Crippen LogP) is 3.86. The quantitative estimate of drug-likeness (QED) is 0.922. The molecule has 130 valence electrons.